The zero-order valence-corrected chi connectivity index (χ0v) is 15.8. The van der Waals surface area contributed by atoms with Gasteiger partial charge in [-0.1, -0.05) is 0 Å². The highest BCUT2D eigenvalue weighted by molar-refractivity contribution is 7.89. The van der Waals surface area contributed by atoms with E-state index in [-0.39, 0.29) is 10.8 Å². The van der Waals surface area contributed by atoms with Gasteiger partial charge in [0.1, 0.15) is 0 Å². The molecule has 1 aliphatic heterocycles. The summed E-state index contributed by atoms with van der Waals surface area (Å²) in [4.78, 5) is 16.8. The first-order chi connectivity index (χ1) is 12.3. The van der Waals surface area contributed by atoms with Gasteiger partial charge < -0.3 is 5.32 Å². The van der Waals surface area contributed by atoms with Gasteiger partial charge in [-0.15, -0.1) is 0 Å². The van der Waals surface area contributed by atoms with Gasteiger partial charge in [0, 0.05) is 31.0 Å². The van der Waals surface area contributed by atoms with Crippen LogP contribution in [-0.4, -0.2) is 36.7 Å². The molecular formula is C19H23N3O3S. The SMILES string of the molecule is CC(C)(NC(=O)c1ccc(S(=O)(=O)N2CCCC2)cc1)c1ccncc1. The number of hydrogen-bond donors (Lipinski definition) is 1. The summed E-state index contributed by atoms with van der Waals surface area (Å²) in [5.74, 6) is -0.253. The fraction of sp³-hybridized carbons (Fsp3) is 0.368. The van der Waals surface area contributed by atoms with Crippen LogP contribution in [0.3, 0.4) is 0 Å². The van der Waals surface area contributed by atoms with Gasteiger partial charge >= 0.3 is 0 Å². The van der Waals surface area contributed by atoms with Crippen LogP contribution in [0.25, 0.3) is 0 Å². The number of sulfonamides is 1. The van der Waals surface area contributed by atoms with Crippen LogP contribution < -0.4 is 5.32 Å². The molecule has 0 bridgehead atoms. The molecule has 0 saturated carbocycles. The molecule has 1 aromatic heterocycles. The van der Waals surface area contributed by atoms with E-state index in [4.69, 9.17) is 0 Å². The van der Waals surface area contributed by atoms with Crippen LogP contribution in [0.2, 0.25) is 0 Å². The molecule has 0 aliphatic carbocycles. The average molecular weight is 373 g/mol. The fourth-order valence-electron chi connectivity index (χ4n) is 3.05. The molecule has 0 unspecified atom stereocenters. The number of carbonyl (C=O) groups is 1. The summed E-state index contributed by atoms with van der Waals surface area (Å²) < 4.78 is 26.6. The van der Waals surface area contributed by atoms with Gasteiger partial charge in [0.2, 0.25) is 10.0 Å². The monoisotopic (exact) mass is 373 g/mol. The van der Waals surface area contributed by atoms with Gasteiger partial charge in [-0.2, -0.15) is 4.31 Å². The molecule has 7 heteroatoms. The smallest absolute Gasteiger partial charge is 0.251 e. The third-order valence-corrected chi connectivity index (χ3v) is 6.56. The second-order valence-corrected chi connectivity index (χ2v) is 8.89. The van der Waals surface area contributed by atoms with Crippen LogP contribution in [0.15, 0.2) is 53.7 Å². The number of aromatic nitrogens is 1. The van der Waals surface area contributed by atoms with Gasteiger partial charge in [-0.05, 0) is 68.7 Å². The van der Waals surface area contributed by atoms with Crippen LogP contribution in [-0.2, 0) is 15.6 Å². The largest absolute Gasteiger partial charge is 0.343 e. The molecule has 1 saturated heterocycles. The van der Waals surface area contributed by atoms with Crippen molar-refractivity contribution in [3.05, 3.63) is 59.9 Å². The van der Waals surface area contributed by atoms with Crippen LogP contribution in [0.4, 0.5) is 0 Å². The number of carbonyl (C=O) groups excluding carboxylic acids is 1. The topological polar surface area (TPSA) is 79.4 Å². The summed E-state index contributed by atoms with van der Waals surface area (Å²) in [5.41, 5.74) is 0.793. The Morgan fingerprint density at radius 2 is 1.62 bits per heavy atom. The Balaban J connectivity index is 1.75. The predicted molar refractivity (Wildman–Crippen MR) is 99.2 cm³/mol. The van der Waals surface area contributed by atoms with Crippen molar-refractivity contribution in [2.45, 2.75) is 37.1 Å². The lowest BCUT2D eigenvalue weighted by molar-refractivity contribution is 0.0912. The van der Waals surface area contributed by atoms with Crippen molar-refractivity contribution < 1.29 is 13.2 Å². The van der Waals surface area contributed by atoms with Crippen molar-refractivity contribution in [1.82, 2.24) is 14.6 Å². The van der Waals surface area contributed by atoms with E-state index >= 15 is 0 Å². The maximum Gasteiger partial charge on any atom is 0.251 e. The highest BCUT2D eigenvalue weighted by atomic mass is 32.2. The first-order valence-electron chi connectivity index (χ1n) is 8.64. The Morgan fingerprint density at radius 1 is 1.04 bits per heavy atom. The molecule has 6 nitrogen and oxygen atoms in total. The van der Waals surface area contributed by atoms with Gasteiger partial charge in [0.05, 0.1) is 10.4 Å². The Kier molecular flexibility index (Phi) is 5.11. The molecule has 1 amide bonds. The van der Waals surface area contributed by atoms with Crippen molar-refractivity contribution in [2.75, 3.05) is 13.1 Å². The molecule has 138 valence electrons. The lowest BCUT2D eigenvalue weighted by atomic mass is 9.95. The molecule has 1 aromatic carbocycles. The molecule has 2 heterocycles. The summed E-state index contributed by atoms with van der Waals surface area (Å²) in [6, 6.07) is 9.82. The maximum atomic E-state index is 12.6. The minimum Gasteiger partial charge on any atom is -0.343 e. The first kappa shape index (κ1) is 18.5. The Bertz CT molecular complexity index is 872. The van der Waals surface area contributed by atoms with E-state index in [1.54, 1.807) is 24.5 Å². The van der Waals surface area contributed by atoms with E-state index in [0.29, 0.717) is 18.7 Å². The molecule has 3 rings (SSSR count). The van der Waals surface area contributed by atoms with Gasteiger partial charge in [0.15, 0.2) is 0 Å². The van der Waals surface area contributed by atoms with Crippen molar-refractivity contribution >= 4 is 15.9 Å². The van der Waals surface area contributed by atoms with E-state index in [9.17, 15) is 13.2 Å². The van der Waals surface area contributed by atoms with Crippen LogP contribution in [0.1, 0.15) is 42.6 Å². The maximum absolute atomic E-state index is 12.6. The lowest BCUT2D eigenvalue weighted by Crippen LogP contribution is -2.41. The molecule has 26 heavy (non-hydrogen) atoms. The Morgan fingerprint density at radius 3 is 2.19 bits per heavy atom. The highest BCUT2D eigenvalue weighted by Crippen LogP contribution is 2.22. The van der Waals surface area contributed by atoms with Crippen molar-refractivity contribution in [3.63, 3.8) is 0 Å². The van der Waals surface area contributed by atoms with Crippen LogP contribution >= 0.6 is 0 Å². The van der Waals surface area contributed by atoms with Gasteiger partial charge in [0.25, 0.3) is 5.91 Å². The second kappa shape index (κ2) is 7.17. The molecule has 0 spiro atoms. The zero-order valence-electron chi connectivity index (χ0n) is 15.0. The minimum absolute atomic E-state index is 0.226. The molecule has 0 radical (unpaired) electrons. The third kappa shape index (κ3) is 3.78. The molecule has 2 aromatic rings. The summed E-state index contributed by atoms with van der Waals surface area (Å²) in [7, 11) is -3.46. The van der Waals surface area contributed by atoms with E-state index in [0.717, 1.165) is 18.4 Å². The number of amides is 1. The van der Waals surface area contributed by atoms with Crippen molar-refractivity contribution in [1.29, 1.82) is 0 Å². The van der Waals surface area contributed by atoms with Crippen molar-refractivity contribution in [2.24, 2.45) is 0 Å². The third-order valence-electron chi connectivity index (χ3n) is 4.65. The van der Waals surface area contributed by atoms with E-state index in [2.05, 4.69) is 10.3 Å². The normalized spacial score (nSPS) is 15.8. The predicted octanol–water partition coefficient (Wildman–Crippen LogP) is 2.53. The standard InChI is InChI=1S/C19H23N3O3S/c1-19(2,16-9-11-20-12-10-16)21-18(23)15-5-7-17(8-6-15)26(24,25)22-13-3-4-14-22/h5-12H,3-4,13-14H2,1-2H3,(H,21,23). The highest BCUT2D eigenvalue weighted by Gasteiger charge is 2.28. The number of nitrogens with zero attached hydrogens (tertiary/aromatic N) is 2. The van der Waals surface area contributed by atoms with Gasteiger partial charge in [-0.25, -0.2) is 8.42 Å². The number of benzene rings is 1. The summed E-state index contributed by atoms with van der Waals surface area (Å²) >= 11 is 0. The number of hydrogen-bond acceptors (Lipinski definition) is 4. The van der Waals surface area contributed by atoms with Crippen LogP contribution in [0, 0.1) is 0 Å². The van der Waals surface area contributed by atoms with Crippen LogP contribution in [0.5, 0.6) is 0 Å². The minimum atomic E-state index is -3.46. The number of nitrogens with one attached hydrogen (secondary N) is 1. The zero-order chi connectivity index (χ0) is 18.8. The quantitative estimate of drug-likeness (QED) is 0.873. The van der Waals surface area contributed by atoms with E-state index in [1.807, 2.05) is 26.0 Å². The molecular weight excluding hydrogens is 350 g/mol. The number of pyridine rings is 1. The molecule has 0 atom stereocenters. The average Bonchev–Trinajstić information content (AvgIpc) is 3.18. The van der Waals surface area contributed by atoms with E-state index < -0.39 is 15.6 Å². The molecule has 1 aliphatic rings. The summed E-state index contributed by atoms with van der Waals surface area (Å²) in [5, 5.41) is 2.98. The van der Waals surface area contributed by atoms with Gasteiger partial charge in [-0.3, -0.25) is 9.78 Å². The Hall–Kier alpha value is -2.25. The molecule has 1 N–H and O–H groups in total. The van der Waals surface area contributed by atoms with Crippen molar-refractivity contribution in [3.8, 4) is 0 Å². The first-order valence-corrected chi connectivity index (χ1v) is 10.1. The fourth-order valence-corrected chi connectivity index (χ4v) is 4.57. The lowest BCUT2D eigenvalue weighted by Gasteiger charge is -2.26. The number of rotatable bonds is 5. The summed E-state index contributed by atoms with van der Waals surface area (Å²) in [6.07, 6.45) is 5.15. The molecule has 1 fully saturated rings. The summed E-state index contributed by atoms with van der Waals surface area (Å²) in [6.45, 7) is 4.94. The second-order valence-electron chi connectivity index (χ2n) is 6.95. The Labute approximate surface area is 154 Å². The van der Waals surface area contributed by atoms with E-state index in [1.165, 1.54) is 16.4 Å².